The number of benzene rings is 6. The first kappa shape index (κ1) is 50.3. The van der Waals surface area contributed by atoms with Crippen molar-refractivity contribution in [3.63, 3.8) is 0 Å². The molecule has 1 N–H and O–H groups in total. The fourth-order valence-corrected chi connectivity index (χ4v) is 8.26. The van der Waals surface area contributed by atoms with Crippen LogP contribution in [0.3, 0.4) is 0 Å². The summed E-state index contributed by atoms with van der Waals surface area (Å²) in [4.78, 5) is 55.1. The average Bonchev–Trinajstić information content (AvgIpc) is 3.40. The molecule has 15 heteroatoms. The Morgan fingerprint density at radius 2 is 0.901 bits per heavy atom. The van der Waals surface area contributed by atoms with Crippen molar-refractivity contribution in [3.8, 4) is 0 Å². The smallest absolute Gasteiger partial charge is 0.338 e. The number of alkyl halides is 1. The van der Waals surface area contributed by atoms with E-state index in [1.165, 1.54) is 31.2 Å². The molecule has 2 heterocycles. The Bertz CT molecular complexity index is 2600. The lowest BCUT2D eigenvalue weighted by atomic mass is 9.94. The van der Waals surface area contributed by atoms with E-state index >= 15 is 4.39 Å². The van der Waals surface area contributed by atoms with Crippen molar-refractivity contribution in [3.05, 3.63) is 215 Å². The van der Waals surface area contributed by atoms with E-state index in [-0.39, 0.29) is 43.1 Å². The van der Waals surface area contributed by atoms with E-state index in [2.05, 4.69) is 5.32 Å². The quantitative estimate of drug-likeness (QED) is 0.0579. The number of carbonyl (C=O) groups is 4. The molecular formula is C56H54FNO13. The second kappa shape index (κ2) is 25.1. The number of esters is 3. The molecule has 0 unspecified atom stereocenters. The Kier molecular flexibility index (Phi) is 17.8. The largest absolute Gasteiger partial charge is 0.459 e. The number of ether oxygens (including phenoxy) is 9. The van der Waals surface area contributed by atoms with Gasteiger partial charge in [-0.15, -0.1) is 0 Å². The van der Waals surface area contributed by atoms with E-state index in [0.717, 1.165) is 16.7 Å². The second-order valence-electron chi connectivity index (χ2n) is 16.9. The lowest BCUT2D eigenvalue weighted by Gasteiger charge is -2.49. The molecule has 6 aromatic rings. The van der Waals surface area contributed by atoms with E-state index in [1.54, 1.807) is 66.7 Å². The van der Waals surface area contributed by atoms with Crippen LogP contribution < -0.4 is 5.32 Å². The first-order chi connectivity index (χ1) is 34.7. The second-order valence-corrected chi connectivity index (χ2v) is 16.9. The summed E-state index contributed by atoms with van der Waals surface area (Å²) in [5.74, 6) is -3.03. The van der Waals surface area contributed by atoms with Crippen LogP contribution in [0.5, 0.6) is 0 Å². The van der Waals surface area contributed by atoms with Crippen molar-refractivity contribution in [2.45, 2.75) is 88.2 Å². The van der Waals surface area contributed by atoms with Gasteiger partial charge in [0.05, 0.1) is 43.1 Å². The maximum atomic E-state index is 16.8. The molecule has 0 bridgehead atoms. The van der Waals surface area contributed by atoms with Crippen molar-refractivity contribution in [1.29, 1.82) is 0 Å². The number of amides is 1. The van der Waals surface area contributed by atoms with Gasteiger partial charge in [-0.05, 0) is 53.1 Å². The van der Waals surface area contributed by atoms with Crippen LogP contribution in [0.25, 0.3) is 0 Å². The van der Waals surface area contributed by atoms with Crippen molar-refractivity contribution in [2.75, 3.05) is 13.2 Å². The zero-order valence-corrected chi connectivity index (χ0v) is 38.8. The Morgan fingerprint density at radius 3 is 1.39 bits per heavy atom. The van der Waals surface area contributed by atoms with Gasteiger partial charge < -0.3 is 47.9 Å². The van der Waals surface area contributed by atoms with Crippen molar-refractivity contribution < 1.29 is 66.2 Å². The van der Waals surface area contributed by atoms with E-state index in [1.807, 2.05) is 91.0 Å². The maximum Gasteiger partial charge on any atom is 0.338 e. The molecule has 2 aliphatic heterocycles. The number of hydrogen-bond donors (Lipinski definition) is 1. The van der Waals surface area contributed by atoms with Crippen molar-refractivity contribution in [1.82, 2.24) is 5.32 Å². The highest BCUT2D eigenvalue weighted by Gasteiger charge is 2.56. The third kappa shape index (κ3) is 13.8. The molecule has 0 aliphatic carbocycles. The van der Waals surface area contributed by atoms with Gasteiger partial charge in [0.1, 0.15) is 43.2 Å². The summed E-state index contributed by atoms with van der Waals surface area (Å²) >= 11 is 0. The minimum Gasteiger partial charge on any atom is -0.459 e. The predicted molar refractivity (Wildman–Crippen MR) is 255 cm³/mol. The molecule has 368 valence electrons. The Hall–Kier alpha value is -7.11. The summed E-state index contributed by atoms with van der Waals surface area (Å²) < 4.78 is 74.1. The van der Waals surface area contributed by atoms with Crippen LogP contribution in [0.4, 0.5) is 4.39 Å². The highest BCUT2D eigenvalue weighted by atomic mass is 19.1. The summed E-state index contributed by atoms with van der Waals surface area (Å²) in [6.07, 6.45) is -13.5. The van der Waals surface area contributed by atoms with Crippen LogP contribution in [-0.2, 0) is 67.2 Å². The molecule has 0 radical (unpaired) electrons. The van der Waals surface area contributed by atoms with Gasteiger partial charge in [-0.3, -0.25) is 4.79 Å². The van der Waals surface area contributed by atoms with Crippen molar-refractivity contribution >= 4 is 23.8 Å². The van der Waals surface area contributed by atoms with Crippen LogP contribution >= 0.6 is 0 Å². The zero-order valence-electron chi connectivity index (χ0n) is 38.8. The monoisotopic (exact) mass is 967 g/mol. The SMILES string of the molecule is CC(=O)N[C@@H]1[C@@H](O[C@H]2[C@H](OCc3ccccc3)[C@@H](OCc3ccccc3)[C@H](F)O[C@@H]2COCc2ccccc2)O[C@H](COC(=O)c2ccccc2)[C@@H](OC(=O)c2ccccc2)[C@@H]1OC(=O)c1ccccc1. The van der Waals surface area contributed by atoms with E-state index in [0.29, 0.717) is 0 Å². The number of hydrogen-bond acceptors (Lipinski definition) is 13. The van der Waals surface area contributed by atoms with Crippen LogP contribution in [0.2, 0.25) is 0 Å². The summed E-state index contributed by atoms with van der Waals surface area (Å²) in [6, 6.07) is 50.7. The van der Waals surface area contributed by atoms with E-state index in [4.69, 9.17) is 42.6 Å². The summed E-state index contributed by atoms with van der Waals surface area (Å²) in [5, 5.41) is 2.82. The van der Waals surface area contributed by atoms with Gasteiger partial charge in [0.25, 0.3) is 0 Å². The third-order valence-electron chi connectivity index (χ3n) is 11.7. The topological polar surface area (TPSA) is 163 Å². The van der Waals surface area contributed by atoms with Gasteiger partial charge in [-0.25, -0.2) is 18.8 Å². The summed E-state index contributed by atoms with van der Waals surface area (Å²) in [5.41, 5.74) is 2.85. The molecule has 0 aromatic heterocycles. The highest BCUT2D eigenvalue weighted by Crippen LogP contribution is 2.36. The molecule has 14 nitrogen and oxygen atoms in total. The van der Waals surface area contributed by atoms with Gasteiger partial charge in [0.2, 0.25) is 12.3 Å². The number of nitrogens with one attached hydrogen (secondary N) is 1. The van der Waals surface area contributed by atoms with Crippen LogP contribution in [-0.4, -0.2) is 98.4 Å². The molecule has 0 saturated carbocycles. The first-order valence-corrected chi connectivity index (χ1v) is 23.2. The molecule has 2 aliphatic rings. The molecule has 2 saturated heterocycles. The van der Waals surface area contributed by atoms with Crippen molar-refractivity contribution in [2.24, 2.45) is 0 Å². The average molecular weight is 968 g/mol. The van der Waals surface area contributed by atoms with Gasteiger partial charge in [0.15, 0.2) is 18.5 Å². The minimum atomic E-state index is -2.06. The number of carbonyl (C=O) groups excluding carboxylic acids is 4. The lowest BCUT2D eigenvalue weighted by Crippen LogP contribution is -2.69. The minimum absolute atomic E-state index is 0.0194. The van der Waals surface area contributed by atoms with Crippen LogP contribution in [0.1, 0.15) is 54.7 Å². The number of rotatable bonds is 20. The van der Waals surface area contributed by atoms with Crippen LogP contribution in [0, 0.1) is 0 Å². The van der Waals surface area contributed by atoms with Gasteiger partial charge in [0, 0.05) is 6.92 Å². The Labute approximate surface area is 410 Å². The molecule has 6 aromatic carbocycles. The predicted octanol–water partition coefficient (Wildman–Crippen LogP) is 7.99. The van der Waals surface area contributed by atoms with E-state index in [9.17, 15) is 19.2 Å². The first-order valence-electron chi connectivity index (χ1n) is 23.2. The fourth-order valence-electron chi connectivity index (χ4n) is 8.26. The lowest BCUT2D eigenvalue weighted by molar-refractivity contribution is -0.343. The Balaban J connectivity index is 1.20. The molecular weight excluding hydrogens is 914 g/mol. The molecule has 8 rings (SSSR count). The highest BCUT2D eigenvalue weighted by molar-refractivity contribution is 5.91. The molecule has 2 fully saturated rings. The fraction of sp³-hybridized carbons (Fsp3) is 0.286. The standard InChI is InChI=1S/C56H54FNO13/c1-37(59)58-46-49(70-55(62)43-30-18-7-19-31-43)47(69-54(61)42-28-16-6-17-29-42)45(36-66-53(60)41-26-14-5-15-27-41)68-56(46)71-48-44(35-63-32-38-20-8-2-9-21-38)67-52(57)51(65-34-40-24-12-4-13-25-40)50(48)64-33-39-22-10-3-11-23-39/h2-31,44-52,56H,32-36H2,1H3,(H,58,59)/t44-,45-,46+,47-,48-,49-,50+,51-,52-,56-/m1/s1. The third-order valence-corrected chi connectivity index (χ3v) is 11.7. The van der Waals surface area contributed by atoms with Gasteiger partial charge >= 0.3 is 17.9 Å². The van der Waals surface area contributed by atoms with Gasteiger partial charge in [-0.1, -0.05) is 146 Å². The van der Waals surface area contributed by atoms with Gasteiger partial charge in [-0.2, -0.15) is 0 Å². The Morgan fingerprint density at radius 1 is 0.479 bits per heavy atom. The number of halogens is 1. The molecule has 1 amide bonds. The summed E-state index contributed by atoms with van der Waals surface area (Å²) in [6.45, 7) is 0.522. The zero-order chi connectivity index (χ0) is 49.4. The summed E-state index contributed by atoms with van der Waals surface area (Å²) in [7, 11) is 0. The molecule has 10 atom stereocenters. The van der Waals surface area contributed by atoms with E-state index < -0.39 is 91.8 Å². The molecule has 71 heavy (non-hydrogen) atoms. The normalized spacial score (nSPS) is 24.0. The van der Waals surface area contributed by atoms with Crippen LogP contribution in [0.15, 0.2) is 182 Å². The maximum absolute atomic E-state index is 16.8. The molecule has 0 spiro atoms.